The van der Waals surface area contributed by atoms with Crippen molar-refractivity contribution in [2.45, 2.75) is 45.1 Å². The Morgan fingerprint density at radius 2 is 1.84 bits per heavy atom. The molecule has 174 valence electrons. The summed E-state index contributed by atoms with van der Waals surface area (Å²) >= 11 is 0. The van der Waals surface area contributed by atoms with Crippen LogP contribution < -0.4 is 10.6 Å². The first-order chi connectivity index (χ1) is 15.8. The van der Waals surface area contributed by atoms with E-state index >= 15 is 0 Å². The van der Waals surface area contributed by atoms with Gasteiger partial charge in [-0.1, -0.05) is 60.2 Å². The number of unbranched alkanes of at least 4 members (excludes halogenated alkanes) is 1. The van der Waals surface area contributed by atoms with Gasteiger partial charge in [-0.25, -0.2) is 0 Å². The quantitative estimate of drug-likeness (QED) is 0.305. The fraction of sp³-hybridized carbons (Fsp3) is 0.519. The molecule has 2 aromatic carbocycles. The minimum atomic E-state index is 0.156. The lowest BCUT2D eigenvalue weighted by Crippen LogP contribution is -2.42. The largest absolute Gasteiger partial charge is 0.381 e. The Balaban J connectivity index is 1.29. The molecule has 5 nitrogen and oxygen atoms in total. The van der Waals surface area contributed by atoms with Crippen LogP contribution in [0.15, 0.2) is 59.6 Å². The van der Waals surface area contributed by atoms with Crippen LogP contribution in [0.2, 0.25) is 0 Å². The van der Waals surface area contributed by atoms with E-state index in [1.807, 2.05) is 13.1 Å². The van der Waals surface area contributed by atoms with E-state index < -0.39 is 0 Å². The van der Waals surface area contributed by atoms with E-state index in [4.69, 9.17) is 9.47 Å². The maximum absolute atomic E-state index is 6.14. The smallest absolute Gasteiger partial charge is 0.190 e. The van der Waals surface area contributed by atoms with Crippen LogP contribution in [0.5, 0.6) is 0 Å². The first kappa shape index (κ1) is 24.3. The number of guanidine groups is 1. The highest BCUT2D eigenvalue weighted by Crippen LogP contribution is 2.33. The average molecular weight is 438 g/mol. The Morgan fingerprint density at radius 3 is 2.62 bits per heavy atom. The molecule has 0 radical (unpaired) electrons. The lowest BCUT2D eigenvalue weighted by Gasteiger charge is -2.32. The molecule has 1 aliphatic heterocycles. The van der Waals surface area contributed by atoms with Gasteiger partial charge in [-0.3, -0.25) is 4.99 Å². The number of hydrogen-bond donors (Lipinski definition) is 2. The highest BCUT2D eigenvalue weighted by atomic mass is 16.5. The normalized spacial score (nSPS) is 19.0. The van der Waals surface area contributed by atoms with Gasteiger partial charge >= 0.3 is 0 Å². The van der Waals surface area contributed by atoms with Gasteiger partial charge in [0.15, 0.2) is 5.96 Å². The third-order valence-electron chi connectivity index (χ3n) is 5.99. The monoisotopic (exact) mass is 437 g/mol. The highest BCUT2D eigenvalue weighted by Gasteiger charge is 2.27. The molecule has 2 aromatic rings. The summed E-state index contributed by atoms with van der Waals surface area (Å²) in [6.07, 6.45) is 5.52. The summed E-state index contributed by atoms with van der Waals surface area (Å²) in [6.45, 7) is 6.31. The van der Waals surface area contributed by atoms with E-state index in [0.29, 0.717) is 5.92 Å². The van der Waals surface area contributed by atoms with Crippen LogP contribution in [0.1, 0.15) is 48.5 Å². The van der Waals surface area contributed by atoms with E-state index in [9.17, 15) is 0 Å². The van der Waals surface area contributed by atoms with Crippen LogP contribution in [0.25, 0.3) is 0 Å². The predicted octanol–water partition coefficient (Wildman–Crippen LogP) is 4.67. The Bertz CT molecular complexity index is 792. The lowest BCUT2D eigenvalue weighted by molar-refractivity contribution is -0.0265. The molecule has 0 amide bonds. The van der Waals surface area contributed by atoms with Crippen molar-refractivity contribution in [2.75, 3.05) is 40.0 Å². The zero-order valence-electron chi connectivity index (χ0n) is 19.7. The van der Waals surface area contributed by atoms with Gasteiger partial charge in [0.25, 0.3) is 0 Å². The second-order valence-electron chi connectivity index (χ2n) is 8.54. The van der Waals surface area contributed by atoms with Crippen molar-refractivity contribution >= 4 is 5.96 Å². The molecular formula is C27H39N3O2. The third kappa shape index (κ3) is 8.29. The third-order valence-corrected chi connectivity index (χ3v) is 5.99. The lowest BCUT2D eigenvalue weighted by atomic mass is 9.89. The Morgan fingerprint density at radius 1 is 1.03 bits per heavy atom. The minimum Gasteiger partial charge on any atom is -0.381 e. The van der Waals surface area contributed by atoms with Crippen molar-refractivity contribution in [2.24, 2.45) is 10.9 Å². The van der Waals surface area contributed by atoms with E-state index in [1.165, 1.54) is 23.1 Å². The molecule has 0 saturated carbocycles. The topological polar surface area (TPSA) is 54.9 Å². The number of aryl methyl sites for hydroxylation is 1. The van der Waals surface area contributed by atoms with Gasteiger partial charge in [0, 0.05) is 39.3 Å². The van der Waals surface area contributed by atoms with Crippen LogP contribution >= 0.6 is 0 Å². The van der Waals surface area contributed by atoms with Crippen molar-refractivity contribution in [3.05, 3.63) is 71.3 Å². The summed E-state index contributed by atoms with van der Waals surface area (Å²) in [4.78, 5) is 4.38. The second kappa shape index (κ2) is 13.9. The molecule has 2 N–H and O–H groups in total. The number of aliphatic imine (C=N–C) groups is 1. The number of hydrogen-bond acceptors (Lipinski definition) is 3. The summed E-state index contributed by atoms with van der Waals surface area (Å²) in [6, 6.07) is 19.2. The van der Waals surface area contributed by atoms with E-state index in [2.05, 4.69) is 71.1 Å². The Kier molecular flexibility index (Phi) is 10.6. The van der Waals surface area contributed by atoms with E-state index in [1.54, 1.807) is 0 Å². The predicted molar refractivity (Wildman–Crippen MR) is 132 cm³/mol. The fourth-order valence-electron chi connectivity index (χ4n) is 4.10. The first-order valence-corrected chi connectivity index (χ1v) is 12.0. The molecule has 2 atom stereocenters. The number of nitrogens with zero attached hydrogens (tertiary/aromatic N) is 1. The molecule has 1 fully saturated rings. The van der Waals surface area contributed by atoms with Crippen molar-refractivity contribution in [3.63, 3.8) is 0 Å². The van der Waals surface area contributed by atoms with Crippen LogP contribution in [-0.4, -0.2) is 45.9 Å². The van der Waals surface area contributed by atoms with Gasteiger partial charge in [0.05, 0.1) is 12.7 Å². The fourth-order valence-corrected chi connectivity index (χ4v) is 4.10. The summed E-state index contributed by atoms with van der Waals surface area (Å²) in [5.74, 6) is 1.31. The summed E-state index contributed by atoms with van der Waals surface area (Å²) in [5, 5.41) is 6.94. The van der Waals surface area contributed by atoms with Crippen LogP contribution in [0.4, 0.5) is 0 Å². The van der Waals surface area contributed by atoms with Gasteiger partial charge in [0.2, 0.25) is 0 Å². The Hall–Kier alpha value is -2.37. The zero-order chi connectivity index (χ0) is 22.4. The first-order valence-electron chi connectivity index (χ1n) is 12.0. The van der Waals surface area contributed by atoms with Gasteiger partial charge < -0.3 is 20.1 Å². The molecule has 32 heavy (non-hydrogen) atoms. The molecule has 1 heterocycles. The molecule has 5 heteroatoms. The molecule has 2 unspecified atom stereocenters. The molecule has 0 aliphatic carbocycles. The molecule has 0 bridgehead atoms. The SMILES string of the molecule is CN=C(NCCCCOCCc1ccccc1)NCC1CCCOC1c1ccc(C)cc1. The summed E-state index contributed by atoms with van der Waals surface area (Å²) in [5.41, 5.74) is 3.89. The maximum atomic E-state index is 6.14. The minimum absolute atomic E-state index is 0.156. The van der Waals surface area contributed by atoms with Gasteiger partial charge in [-0.05, 0) is 50.2 Å². The van der Waals surface area contributed by atoms with Gasteiger partial charge in [0.1, 0.15) is 0 Å². The number of benzene rings is 2. The standard InChI is InChI=1S/C27H39N3O2/c1-22-12-14-24(15-13-22)26-25(11-8-19-32-26)21-30-27(28-2)29-17-6-7-18-31-20-16-23-9-4-3-5-10-23/h3-5,9-10,12-15,25-26H,6-8,11,16-21H2,1-2H3,(H2,28,29,30). The van der Waals surface area contributed by atoms with Crippen molar-refractivity contribution in [3.8, 4) is 0 Å². The molecular weight excluding hydrogens is 398 g/mol. The molecule has 1 aliphatic rings. The maximum Gasteiger partial charge on any atom is 0.190 e. The second-order valence-corrected chi connectivity index (χ2v) is 8.54. The number of ether oxygens (including phenoxy) is 2. The van der Waals surface area contributed by atoms with Crippen molar-refractivity contribution in [1.29, 1.82) is 0 Å². The van der Waals surface area contributed by atoms with Crippen LogP contribution in [0.3, 0.4) is 0 Å². The zero-order valence-corrected chi connectivity index (χ0v) is 19.7. The van der Waals surface area contributed by atoms with E-state index in [0.717, 1.165) is 64.6 Å². The van der Waals surface area contributed by atoms with Gasteiger partial charge in [-0.2, -0.15) is 0 Å². The molecule has 0 spiro atoms. The average Bonchev–Trinajstić information content (AvgIpc) is 2.84. The van der Waals surface area contributed by atoms with Crippen molar-refractivity contribution < 1.29 is 9.47 Å². The number of nitrogens with one attached hydrogen (secondary N) is 2. The number of rotatable bonds is 11. The highest BCUT2D eigenvalue weighted by molar-refractivity contribution is 5.79. The van der Waals surface area contributed by atoms with E-state index in [-0.39, 0.29) is 6.10 Å². The van der Waals surface area contributed by atoms with Crippen LogP contribution in [0, 0.1) is 12.8 Å². The summed E-state index contributed by atoms with van der Waals surface area (Å²) in [7, 11) is 1.83. The van der Waals surface area contributed by atoms with Crippen molar-refractivity contribution in [1.82, 2.24) is 10.6 Å². The molecule has 1 saturated heterocycles. The molecule has 0 aromatic heterocycles. The Labute approximate surface area is 193 Å². The van der Waals surface area contributed by atoms with Crippen LogP contribution in [-0.2, 0) is 15.9 Å². The summed E-state index contributed by atoms with van der Waals surface area (Å²) < 4.78 is 11.9. The van der Waals surface area contributed by atoms with Gasteiger partial charge in [-0.15, -0.1) is 0 Å². The molecule has 3 rings (SSSR count).